The van der Waals surface area contributed by atoms with Gasteiger partial charge in [-0.2, -0.15) is 0 Å². The Morgan fingerprint density at radius 3 is 2.64 bits per heavy atom. The summed E-state index contributed by atoms with van der Waals surface area (Å²) in [6, 6.07) is 2.43. The van der Waals surface area contributed by atoms with Gasteiger partial charge in [0, 0.05) is 36.3 Å². The van der Waals surface area contributed by atoms with Crippen molar-refractivity contribution in [1.82, 2.24) is 5.32 Å². The third-order valence-corrected chi connectivity index (χ3v) is 13.7. The van der Waals surface area contributed by atoms with Crippen LogP contribution in [0.25, 0.3) is 11.0 Å². The molecule has 5 heteroatoms. The molecule has 1 aromatic carbocycles. The molecule has 1 spiro atoms. The van der Waals surface area contributed by atoms with Crippen LogP contribution in [0.2, 0.25) is 0 Å². The molecule has 0 saturated heterocycles. The van der Waals surface area contributed by atoms with Crippen LogP contribution in [0.3, 0.4) is 0 Å². The number of nitrogens with zero attached hydrogens (tertiary/aromatic N) is 1. The first-order valence-electron chi connectivity index (χ1n) is 17.6. The van der Waals surface area contributed by atoms with Crippen molar-refractivity contribution in [3.63, 3.8) is 0 Å². The third kappa shape index (κ3) is 4.11. The quantitative estimate of drug-likeness (QED) is 0.332. The molecule has 4 heterocycles. The number of hydrogen-bond donors (Lipinski definition) is 2. The van der Waals surface area contributed by atoms with E-state index in [1.807, 2.05) is 0 Å². The normalized spacial score (nSPS) is 39.9. The van der Waals surface area contributed by atoms with E-state index in [4.69, 9.17) is 4.42 Å². The van der Waals surface area contributed by atoms with Gasteiger partial charge in [0.25, 0.3) is 0 Å². The highest BCUT2D eigenvalue weighted by Gasteiger charge is 2.56. The molecular formula is C37H52N2O3. The van der Waals surface area contributed by atoms with E-state index in [0.717, 1.165) is 107 Å². The maximum atomic E-state index is 14.1. The SMILES string of the molecule is C[C@H]1CC[C@](C)(O)CCC[C@H]2[C@H]1CC[C@H]1C[C@@]3(CC[C@@]12C)NCCc1c3c(=O)oc2c3c4c(cc12)CCCN4CCC3. The second-order valence-electron chi connectivity index (χ2n) is 16.1. The summed E-state index contributed by atoms with van der Waals surface area (Å²) in [6.45, 7) is 10.4. The lowest BCUT2D eigenvalue weighted by Gasteiger charge is -2.59. The van der Waals surface area contributed by atoms with Crippen LogP contribution in [0.1, 0.15) is 120 Å². The van der Waals surface area contributed by atoms with Crippen LogP contribution >= 0.6 is 0 Å². The lowest BCUT2D eigenvalue weighted by Crippen LogP contribution is -2.58. The van der Waals surface area contributed by atoms with Gasteiger partial charge in [-0.1, -0.05) is 20.3 Å². The highest BCUT2D eigenvalue weighted by Crippen LogP contribution is 2.62. The molecule has 3 fully saturated rings. The Bertz CT molecular complexity index is 1460. The molecule has 1 aromatic heterocycles. The minimum absolute atomic E-state index is 0.0654. The van der Waals surface area contributed by atoms with Crippen molar-refractivity contribution < 1.29 is 9.52 Å². The number of hydrogen-bond acceptors (Lipinski definition) is 5. The molecule has 42 heavy (non-hydrogen) atoms. The number of nitrogens with one attached hydrogen (secondary N) is 1. The Morgan fingerprint density at radius 2 is 1.79 bits per heavy atom. The summed E-state index contributed by atoms with van der Waals surface area (Å²) >= 11 is 0. The second-order valence-corrected chi connectivity index (χ2v) is 16.1. The largest absolute Gasteiger partial charge is 0.422 e. The number of aryl methyl sites for hydroxylation is 2. The van der Waals surface area contributed by atoms with Crippen molar-refractivity contribution in [3.8, 4) is 0 Å². The Kier molecular flexibility index (Phi) is 6.48. The van der Waals surface area contributed by atoms with Crippen LogP contribution in [0.5, 0.6) is 0 Å². The minimum Gasteiger partial charge on any atom is -0.422 e. The monoisotopic (exact) mass is 572 g/mol. The summed E-state index contributed by atoms with van der Waals surface area (Å²) in [5, 5.41) is 16.2. The van der Waals surface area contributed by atoms with Gasteiger partial charge in [0.15, 0.2) is 0 Å². The smallest absolute Gasteiger partial charge is 0.341 e. The van der Waals surface area contributed by atoms with Crippen LogP contribution < -0.4 is 15.8 Å². The first kappa shape index (κ1) is 27.7. The highest BCUT2D eigenvalue weighted by atomic mass is 16.4. The molecule has 3 saturated carbocycles. The topological polar surface area (TPSA) is 65.7 Å². The van der Waals surface area contributed by atoms with Crippen molar-refractivity contribution in [1.29, 1.82) is 0 Å². The summed E-state index contributed by atoms with van der Waals surface area (Å²) in [4.78, 5) is 16.7. The number of rotatable bonds is 0. The van der Waals surface area contributed by atoms with Gasteiger partial charge in [0.1, 0.15) is 5.58 Å². The maximum absolute atomic E-state index is 14.1. The van der Waals surface area contributed by atoms with E-state index in [-0.39, 0.29) is 11.2 Å². The summed E-state index contributed by atoms with van der Waals surface area (Å²) in [5.41, 5.74) is 6.84. The predicted molar refractivity (Wildman–Crippen MR) is 169 cm³/mol. The number of fused-ring (bicyclic) bond motifs is 8. The zero-order chi connectivity index (χ0) is 28.9. The van der Waals surface area contributed by atoms with Gasteiger partial charge >= 0.3 is 5.63 Å². The van der Waals surface area contributed by atoms with Crippen molar-refractivity contribution in [2.24, 2.45) is 29.1 Å². The van der Waals surface area contributed by atoms with Gasteiger partial charge in [-0.15, -0.1) is 0 Å². The molecule has 7 atom stereocenters. The van der Waals surface area contributed by atoms with E-state index >= 15 is 0 Å². The summed E-state index contributed by atoms with van der Waals surface area (Å²) in [5.74, 6) is 2.77. The lowest BCUT2D eigenvalue weighted by molar-refractivity contribution is -0.0816. The fraction of sp³-hybridized carbons (Fsp3) is 0.757. The molecule has 228 valence electrons. The molecular weight excluding hydrogens is 520 g/mol. The number of benzene rings is 1. The average molecular weight is 573 g/mol. The van der Waals surface area contributed by atoms with E-state index in [1.54, 1.807) is 0 Å². The molecule has 8 rings (SSSR count). The van der Waals surface area contributed by atoms with Crippen molar-refractivity contribution in [3.05, 3.63) is 38.7 Å². The first-order chi connectivity index (χ1) is 20.2. The molecule has 3 aliphatic heterocycles. The van der Waals surface area contributed by atoms with E-state index in [9.17, 15) is 9.90 Å². The number of aliphatic hydroxyl groups is 1. The van der Waals surface area contributed by atoms with Crippen LogP contribution in [0.4, 0.5) is 5.69 Å². The Labute approximate surface area is 251 Å². The molecule has 0 unspecified atom stereocenters. The highest BCUT2D eigenvalue weighted by molar-refractivity contribution is 5.91. The molecule has 2 N–H and O–H groups in total. The van der Waals surface area contributed by atoms with Gasteiger partial charge in [0.05, 0.1) is 16.7 Å². The van der Waals surface area contributed by atoms with Crippen molar-refractivity contribution in [2.45, 2.75) is 128 Å². The Morgan fingerprint density at radius 1 is 0.952 bits per heavy atom. The van der Waals surface area contributed by atoms with E-state index < -0.39 is 5.60 Å². The van der Waals surface area contributed by atoms with Gasteiger partial charge in [0.2, 0.25) is 0 Å². The third-order valence-electron chi connectivity index (χ3n) is 13.7. The van der Waals surface area contributed by atoms with Crippen LogP contribution in [0, 0.1) is 29.1 Å². The van der Waals surface area contributed by atoms with Gasteiger partial charge in [-0.25, -0.2) is 4.79 Å². The Hall–Kier alpha value is -1.85. The molecule has 5 nitrogen and oxygen atoms in total. The van der Waals surface area contributed by atoms with E-state index in [2.05, 4.69) is 37.1 Å². The van der Waals surface area contributed by atoms with E-state index in [1.165, 1.54) is 59.9 Å². The first-order valence-corrected chi connectivity index (χ1v) is 17.6. The van der Waals surface area contributed by atoms with Crippen LogP contribution in [-0.4, -0.2) is 30.3 Å². The zero-order valence-corrected chi connectivity index (χ0v) is 26.3. The maximum Gasteiger partial charge on any atom is 0.341 e. The molecule has 0 radical (unpaired) electrons. The lowest BCUT2D eigenvalue weighted by atomic mass is 9.47. The second kappa shape index (κ2) is 9.83. The summed E-state index contributed by atoms with van der Waals surface area (Å²) in [7, 11) is 0. The minimum atomic E-state index is -0.513. The van der Waals surface area contributed by atoms with Gasteiger partial charge in [-0.3, -0.25) is 0 Å². The zero-order valence-electron chi connectivity index (χ0n) is 26.3. The van der Waals surface area contributed by atoms with Crippen LogP contribution in [-0.2, 0) is 24.8 Å². The summed E-state index contributed by atoms with van der Waals surface area (Å²) < 4.78 is 6.44. The molecule has 6 aliphatic rings. The summed E-state index contributed by atoms with van der Waals surface area (Å²) in [6.07, 6.45) is 16.7. The molecule has 3 aliphatic carbocycles. The van der Waals surface area contributed by atoms with Crippen molar-refractivity contribution >= 4 is 16.7 Å². The van der Waals surface area contributed by atoms with Crippen LogP contribution in [0.15, 0.2) is 15.3 Å². The van der Waals surface area contributed by atoms with Gasteiger partial charge < -0.3 is 19.7 Å². The fourth-order valence-electron chi connectivity index (χ4n) is 11.5. The van der Waals surface area contributed by atoms with E-state index in [0.29, 0.717) is 17.3 Å². The molecule has 0 bridgehead atoms. The Balaban J connectivity index is 1.17. The molecule has 2 aromatic rings. The fourth-order valence-corrected chi connectivity index (χ4v) is 11.5. The van der Waals surface area contributed by atoms with Gasteiger partial charge in [-0.05, 0) is 143 Å². The average Bonchev–Trinajstić information content (AvgIpc) is 3.03. The standard InChI is InChI=1S/C37H52N2O3/c1-23-12-15-35(2,41)14-4-9-30-26(23)11-10-25-22-37(17-16-36(25,30)3)31-27(13-18-38-37)29-21-24-7-5-19-39-20-6-8-28(32(24)39)33(29)42-34(31)40/h21,23,25-26,30,38,41H,4-20,22H2,1-3H3/t23-,25-,26-,30-,35+,36-,37+/m0/s1. The van der Waals surface area contributed by atoms with Crippen molar-refractivity contribution in [2.75, 3.05) is 24.5 Å². The predicted octanol–water partition coefficient (Wildman–Crippen LogP) is 7.02. The molecule has 0 amide bonds. The number of anilines is 1.